The van der Waals surface area contributed by atoms with Crippen LogP contribution in [-0.2, 0) is 9.53 Å². The van der Waals surface area contributed by atoms with Crippen molar-refractivity contribution in [3.63, 3.8) is 0 Å². The molecule has 0 aromatic heterocycles. The minimum atomic E-state index is -0.770. The lowest BCUT2D eigenvalue weighted by atomic mass is 9.95. The third-order valence-electron chi connectivity index (χ3n) is 4.85. The minimum Gasteiger partial charge on any atom is -0.449 e. The molecule has 1 heterocycles. The number of hydrogen-bond acceptors (Lipinski definition) is 5. The molecule has 26 heavy (non-hydrogen) atoms. The van der Waals surface area contributed by atoms with Gasteiger partial charge in [0.25, 0.3) is 5.91 Å². The minimum absolute atomic E-state index is 0.197. The highest BCUT2D eigenvalue weighted by molar-refractivity contribution is 8.16. The Balaban J connectivity index is 1.50. The number of nitrogens with one attached hydrogen (secondary N) is 1. The number of esters is 1. The third-order valence-corrected chi connectivity index (χ3v) is 7.87. The number of carbonyl (C=O) groups is 2. The molecule has 1 saturated heterocycles. The smallest absolute Gasteiger partial charge is 0.338 e. The van der Waals surface area contributed by atoms with Crippen molar-refractivity contribution in [1.82, 2.24) is 5.32 Å². The molecule has 1 aromatic rings. The van der Waals surface area contributed by atoms with Crippen molar-refractivity contribution in [3.05, 3.63) is 35.4 Å². The number of ether oxygens (including phenoxy) is 1. The van der Waals surface area contributed by atoms with E-state index in [0.717, 1.165) is 25.7 Å². The molecule has 0 radical (unpaired) electrons. The molecule has 6 heteroatoms. The van der Waals surface area contributed by atoms with Gasteiger partial charge in [0.05, 0.1) is 10.1 Å². The average molecular weight is 394 g/mol. The summed E-state index contributed by atoms with van der Waals surface area (Å²) in [6.07, 6.45) is 6.08. The Morgan fingerprint density at radius 3 is 2.35 bits per heavy atom. The largest absolute Gasteiger partial charge is 0.449 e. The maximum atomic E-state index is 12.3. The van der Waals surface area contributed by atoms with Crippen LogP contribution < -0.4 is 5.32 Å². The maximum absolute atomic E-state index is 12.3. The SMILES string of the molecule is CC(OC(=O)c1ccc(C2SCCCS2)cc1)C(=O)NC1CCCCC1. The molecule has 1 N–H and O–H groups in total. The molecule has 1 amide bonds. The third kappa shape index (κ3) is 5.43. The highest BCUT2D eigenvalue weighted by Crippen LogP contribution is 2.43. The van der Waals surface area contributed by atoms with Crippen molar-refractivity contribution >= 4 is 35.4 Å². The number of carbonyl (C=O) groups excluding carboxylic acids is 2. The Morgan fingerprint density at radius 2 is 1.69 bits per heavy atom. The summed E-state index contributed by atoms with van der Waals surface area (Å²) in [5.41, 5.74) is 1.73. The number of benzene rings is 1. The van der Waals surface area contributed by atoms with E-state index < -0.39 is 12.1 Å². The zero-order valence-corrected chi connectivity index (χ0v) is 16.9. The van der Waals surface area contributed by atoms with Gasteiger partial charge in [-0.1, -0.05) is 31.4 Å². The molecule has 3 rings (SSSR count). The molecule has 4 nitrogen and oxygen atoms in total. The summed E-state index contributed by atoms with van der Waals surface area (Å²) in [6.45, 7) is 1.64. The Labute approximate surface area is 164 Å². The Morgan fingerprint density at radius 1 is 1.04 bits per heavy atom. The summed E-state index contributed by atoms with van der Waals surface area (Å²) in [6, 6.07) is 7.83. The van der Waals surface area contributed by atoms with E-state index in [2.05, 4.69) is 5.32 Å². The van der Waals surface area contributed by atoms with Gasteiger partial charge in [0.15, 0.2) is 6.10 Å². The monoisotopic (exact) mass is 393 g/mol. The van der Waals surface area contributed by atoms with Crippen LogP contribution in [0.15, 0.2) is 24.3 Å². The normalized spacial score (nSPS) is 20.3. The first kappa shape index (κ1) is 19.6. The molecular weight excluding hydrogens is 366 g/mol. The van der Waals surface area contributed by atoms with Crippen LogP contribution in [0, 0.1) is 0 Å². The van der Waals surface area contributed by atoms with Crippen LogP contribution in [0.2, 0.25) is 0 Å². The quantitative estimate of drug-likeness (QED) is 0.744. The second kappa shape index (κ2) is 9.70. The van der Waals surface area contributed by atoms with E-state index in [4.69, 9.17) is 4.74 Å². The van der Waals surface area contributed by atoms with Gasteiger partial charge in [-0.2, -0.15) is 0 Å². The first-order valence-corrected chi connectivity index (χ1v) is 11.6. The van der Waals surface area contributed by atoms with Crippen LogP contribution in [0.1, 0.15) is 66.0 Å². The van der Waals surface area contributed by atoms with Gasteiger partial charge in [-0.05, 0) is 55.4 Å². The fraction of sp³-hybridized carbons (Fsp3) is 0.600. The van der Waals surface area contributed by atoms with Crippen LogP contribution in [0.4, 0.5) is 0 Å². The van der Waals surface area contributed by atoms with Crippen molar-refractivity contribution in [2.24, 2.45) is 0 Å². The predicted molar refractivity (Wildman–Crippen MR) is 109 cm³/mol. The highest BCUT2D eigenvalue weighted by Gasteiger charge is 2.23. The fourth-order valence-electron chi connectivity index (χ4n) is 3.30. The Bertz CT molecular complexity index is 608. The van der Waals surface area contributed by atoms with Crippen molar-refractivity contribution < 1.29 is 14.3 Å². The van der Waals surface area contributed by atoms with Crippen LogP contribution >= 0.6 is 23.5 Å². The van der Waals surface area contributed by atoms with Crippen LogP contribution in [0.25, 0.3) is 0 Å². The summed E-state index contributed by atoms with van der Waals surface area (Å²) < 4.78 is 5.82. The summed E-state index contributed by atoms with van der Waals surface area (Å²) in [5, 5.41) is 3.01. The molecule has 1 aliphatic heterocycles. The lowest BCUT2D eigenvalue weighted by Crippen LogP contribution is -2.42. The summed E-state index contributed by atoms with van der Waals surface area (Å²) in [7, 11) is 0. The van der Waals surface area contributed by atoms with Gasteiger partial charge >= 0.3 is 5.97 Å². The second-order valence-corrected chi connectivity index (χ2v) is 9.66. The number of rotatable bonds is 5. The maximum Gasteiger partial charge on any atom is 0.338 e. The molecule has 1 aliphatic carbocycles. The van der Waals surface area contributed by atoms with Gasteiger partial charge in [0.1, 0.15) is 0 Å². The standard InChI is InChI=1S/C20H27NO3S2/c1-14(18(22)21-17-6-3-2-4-7-17)24-19(23)15-8-10-16(11-9-15)20-25-12-5-13-26-20/h8-11,14,17,20H,2-7,12-13H2,1H3,(H,21,22). The summed E-state index contributed by atoms with van der Waals surface area (Å²) >= 11 is 3.91. The fourth-order valence-corrected chi connectivity index (χ4v) is 6.20. The molecule has 1 aromatic carbocycles. The highest BCUT2D eigenvalue weighted by atomic mass is 32.2. The zero-order chi connectivity index (χ0) is 18.4. The van der Waals surface area contributed by atoms with E-state index in [1.165, 1.54) is 29.9 Å². The van der Waals surface area contributed by atoms with Gasteiger partial charge in [-0.15, -0.1) is 23.5 Å². The van der Waals surface area contributed by atoms with Crippen LogP contribution in [-0.4, -0.2) is 35.5 Å². The van der Waals surface area contributed by atoms with Gasteiger partial charge in [-0.3, -0.25) is 4.79 Å². The number of thioether (sulfide) groups is 2. The van der Waals surface area contributed by atoms with Crippen LogP contribution in [0.3, 0.4) is 0 Å². The zero-order valence-electron chi connectivity index (χ0n) is 15.2. The lowest BCUT2D eigenvalue weighted by Gasteiger charge is -2.24. The lowest BCUT2D eigenvalue weighted by molar-refractivity contribution is -0.130. The second-order valence-electron chi connectivity index (χ2n) is 6.94. The molecule has 1 atom stereocenters. The molecule has 1 saturated carbocycles. The molecule has 0 spiro atoms. The van der Waals surface area contributed by atoms with E-state index in [0.29, 0.717) is 10.1 Å². The molecule has 2 aliphatic rings. The van der Waals surface area contributed by atoms with Crippen molar-refractivity contribution in [1.29, 1.82) is 0 Å². The molecular formula is C20H27NO3S2. The predicted octanol–water partition coefficient (Wildman–Crippen LogP) is 4.55. The first-order valence-electron chi connectivity index (χ1n) is 9.48. The van der Waals surface area contributed by atoms with Crippen molar-refractivity contribution in [2.75, 3.05) is 11.5 Å². The van der Waals surface area contributed by atoms with E-state index in [9.17, 15) is 9.59 Å². The van der Waals surface area contributed by atoms with Crippen molar-refractivity contribution in [2.45, 2.75) is 62.2 Å². The van der Waals surface area contributed by atoms with Gasteiger partial charge in [0, 0.05) is 6.04 Å². The first-order chi connectivity index (χ1) is 12.6. The van der Waals surface area contributed by atoms with E-state index in [-0.39, 0.29) is 11.9 Å². The van der Waals surface area contributed by atoms with Gasteiger partial charge < -0.3 is 10.1 Å². The molecule has 0 bridgehead atoms. The Kier molecular flexibility index (Phi) is 7.32. The van der Waals surface area contributed by atoms with E-state index >= 15 is 0 Å². The average Bonchev–Trinajstić information content (AvgIpc) is 2.69. The van der Waals surface area contributed by atoms with Gasteiger partial charge in [0.2, 0.25) is 0 Å². The van der Waals surface area contributed by atoms with Gasteiger partial charge in [-0.25, -0.2) is 4.79 Å². The number of amides is 1. The Hall–Kier alpha value is -1.14. The van der Waals surface area contributed by atoms with E-state index in [1.807, 2.05) is 35.7 Å². The molecule has 142 valence electrons. The summed E-state index contributed by atoms with van der Waals surface area (Å²) in [5.74, 6) is 1.74. The summed E-state index contributed by atoms with van der Waals surface area (Å²) in [4.78, 5) is 24.6. The number of hydrogen-bond donors (Lipinski definition) is 1. The van der Waals surface area contributed by atoms with E-state index in [1.54, 1.807) is 19.1 Å². The topological polar surface area (TPSA) is 55.4 Å². The molecule has 1 unspecified atom stereocenters. The van der Waals surface area contributed by atoms with Crippen molar-refractivity contribution in [3.8, 4) is 0 Å². The molecule has 2 fully saturated rings. The van der Waals surface area contributed by atoms with Crippen LogP contribution in [0.5, 0.6) is 0 Å².